The molecule has 1 aromatic heterocycles. The number of primary amides is 1. The number of carbonyl (C=O) groups excluding carboxylic acids is 2. The molecule has 1 saturated heterocycles. The quantitative estimate of drug-likeness (QED) is 0.705. The molecule has 172 valence electrons. The lowest BCUT2D eigenvalue weighted by atomic mass is 9.76. The van der Waals surface area contributed by atoms with Crippen molar-refractivity contribution < 1.29 is 14.3 Å². The first-order valence-corrected chi connectivity index (χ1v) is 11.0. The number of aromatic nitrogens is 1. The number of hydrogen-bond acceptors (Lipinski definition) is 4. The Morgan fingerprint density at radius 2 is 1.84 bits per heavy atom. The van der Waals surface area contributed by atoms with E-state index < -0.39 is 16.9 Å². The molecule has 1 fully saturated rings. The third-order valence-corrected chi connectivity index (χ3v) is 6.72. The molecule has 32 heavy (non-hydrogen) atoms. The Balaban J connectivity index is 1.74. The van der Waals surface area contributed by atoms with Gasteiger partial charge >= 0.3 is 6.09 Å². The summed E-state index contributed by atoms with van der Waals surface area (Å²) >= 11 is 0. The summed E-state index contributed by atoms with van der Waals surface area (Å²) in [6.07, 6.45) is 3.05. The van der Waals surface area contributed by atoms with Gasteiger partial charge in [0.15, 0.2) is 0 Å². The van der Waals surface area contributed by atoms with E-state index in [1.807, 2.05) is 44.2 Å². The summed E-state index contributed by atoms with van der Waals surface area (Å²) in [5.74, 6) is -0.395. The van der Waals surface area contributed by atoms with Gasteiger partial charge in [-0.05, 0) is 36.1 Å². The normalized spacial score (nSPS) is 20.0. The van der Waals surface area contributed by atoms with Crippen molar-refractivity contribution >= 4 is 12.0 Å². The van der Waals surface area contributed by atoms with Gasteiger partial charge < -0.3 is 19.9 Å². The molecule has 0 aliphatic carbocycles. The van der Waals surface area contributed by atoms with Gasteiger partial charge in [-0.2, -0.15) is 0 Å². The maximum atomic E-state index is 12.9. The molecule has 2 atom stereocenters. The summed E-state index contributed by atoms with van der Waals surface area (Å²) in [7, 11) is 1.72. The lowest BCUT2D eigenvalue weighted by Gasteiger charge is -2.45. The Labute approximate surface area is 189 Å². The fraction of sp³-hybridized carbons (Fsp3) is 0.480. The zero-order valence-electron chi connectivity index (χ0n) is 19.6. The van der Waals surface area contributed by atoms with Crippen molar-refractivity contribution in [3.63, 3.8) is 0 Å². The largest absolute Gasteiger partial charge is 0.443 e. The number of amides is 2. The van der Waals surface area contributed by atoms with Crippen LogP contribution in [0.2, 0.25) is 0 Å². The molecule has 0 radical (unpaired) electrons. The molecule has 7 nitrogen and oxygen atoms in total. The molecule has 7 heteroatoms. The van der Waals surface area contributed by atoms with E-state index in [9.17, 15) is 14.4 Å². The van der Waals surface area contributed by atoms with Crippen molar-refractivity contribution in [1.82, 2.24) is 9.47 Å². The van der Waals surface area contributed by atoms with Crippen molar-refractivity contribution in [2.75, 3.05) is 6.54 Å². The average molecular weight is 440 g/mol. The van der Waals surface area contributed by atoms with Gasteiger partial charge in [-0.1, -0.05) is 45.0 Å². The molecule has 1 aliphatic rings. The Hall–Kier alpha value is -3.09. The molecule has 2 heterocycles. The van der Waals surface area contributed by atoms with Crippen molar-refractivity contribution in [3.05, 3.63) is 58.5 Å². The van der Waals surface area contributed by atoms with E-state index in [2.05, 4.69) is 0 Å². The minimum atomic E-state index is -0.752. The van der Waals surface area contributed by atoms with Crippen LogP contribution in [-0.4, -0.2) is 33.6 Å². The molecule has 0 bridgehead atoms. The predicted molar refractivity (Wildman–Crippen MR) is 124 cm³/mol. The van der Waals surface area contributed by atoms with Crippen molar-refractivity contribution in [2.45, 2.75) is 58.6 Å². The molecule has 2 aromatic rings. The predicted octanol–water partition coefficient (Wildman–Crippen LogP) is 4.01. The van der Waals surface area contributed by atoms with Crippen LogP contribution >= 0.6 is 0 Å². The van der Waals surface area contributed by atoms with Crippen LogP contribution in [-0.2, 0) is 16.6 Å². The van der Waals surface area contributed by atoms with E-state index in [1.54, 1.807) is 38.1 Å². The second-order valence-electron chi connectivity index (χ2n) is 9.44. The first-order chi connectivity index (χ1) is 15.0. The highest BCUT2D eigenvalue weighted by atomic mass is 16.6. The number of carbonyl (C=O) groups is 2. The summed E-state index contributed by atoms with van der Waals surface area (Å²) in [6.45, 7) is 8.07. The lowest BCUT2D eigenvalue weighted by Crippen LogP contribution is -2.52. The third-order valence-electron chi connectivity index (χ3n) is 6.72. The Morgan fingerprint density at radius 3 is 2.38 bits per heavy atom. The molecular formula is C25H33N3O4. The number of pyridine rings is 1. The van der Waals surface area contributed by atoms with Gasteiger partial charge in [0.25, 0.3) is 5.56 Å². The monoisotopic (exact) mass is 439 g/mol. The molecule has 2 unspecified atom stereocenters. The molecule has 2 N–H and O–H groups in total. The van der Waals surface area contributed by atoms with Gasteiger partial charge in [0.2, 0.25) is 5.91 Å². The van der Waals surface area contributed by atoms with Gasteiger partial charge in [0.1, 0.15) is 5.60 Å². The fourth-order valence-electron chi connectivity index (χ4n) is 4.32. The van der Waals surface area contributed by atoms with Gasteiger partial charge in [-0.3, -0.25) is 9.59 Å². The van der Waals surface area contributed by atoms with Gasteiger partial charge in [0, 0.05) is 44.1 Å². The van der Waals surface area contributed by atoms with Crippen LogP contribution in [0.1, 0.15) is 58.6 Å². The number of rotatable bonds is 7. The van der Waals surface area contributed by atoms with E-state index in [0.717, 1.165) is 16.7 Å². The summed E-state index contributed by atoms with van der Waals surface area (Å²) in [5.41, 5.74) is 6.83. The number of nitrogens with two attached hydrogens (primary N) is 1. The van der Waals surface area contributed by atoms with Crippen LogP contribution < -0.4 is 11.3 Å². The molecular weight excluding hydrogens is 406 g/mol. The van der Waals surface area contributed by atoms with Crippen LogP contribution in [0, 0.1) is 5.41 Å². The highest BCUT2D eigenvalue weighted by molar-refractivity contribution is 5.80. The highest BCUT2D eigenvalue weighted by Gasteiger charge is 2.45. The summed E-state index contributed by atoms with van der Waals surface area (Å²) < 4.78 is 7.45. The highest BCUT2D eigenvalue weighted by Crippen LogP contribution is 2.40. The minimum absolute atomic E-state index is 0.0603. The topological polar surface area (TPSA) is 94.6 Å². The SMILES string of the molecule is CCC1(CC(C)(C)C(N)=O)CCN(C(C)c2ccc(-c3ccn(C)c(=O)c3)cc2)C(=O)O1. The van der Waals surface area contributed by atoms with Crippen LogP contribution in [0.3, 0.4) is 0 Å². The minimum Gasteiger partial charge on any atom is -0.443 e. The van der Waals surface area contributed by atoms with Crippen LogP contribution in [0.5, 0.6) is 0 Å². The maximum Gasteiger partial charge on any atom is 0.410 e. The zero-order chi connectivity index (χ0) is 23.7. The Kier molecular flexibility index (Phi) is 6.49. The van der Waals surface area contributed by atoms with E-state index in [4.69, 9.17) is 10.5 Å². The Bertz CT molecular complexity index is 1060. The summed E-state index contributed by atoms with van der Waals surface area (Å²) in [6, 6.07) is 11.2. The second-order valence-corrected chi connectivity index (χ2v) is 9.44. The van der Waals surface area contributed by atoms with Crippen LogP contribution in [0.4, 0.5) is 4.79 Å². The second kappa shape index (κ2) is 8.81. The number of cyclic esters (lactones) is 1. The molecule has 0 saturated carbocycles. The first-order valence-electron chi connectivity index (χ1n) is 11.0. The van der Waals surface area contributed by atoms with Gasteiger partial charge in [0.05, 0.1) is 6.04 Å². The standard InChI is InChI=1S/C25H33N3O4/c1-6-25(16-24(3,4)22(26)30)12-14-28(23(31)32-25)17(2)18-7-9-19(10-8-18)20-11-13-27(5)21(29)15-20/h7-11,13,15,17H,6,12,14,16H2,1-5H3,(H2,26,30). The molecule has 3 rings (SSSR count). The fourth-order valence-corrected chi connectivity index (χ4v) is 4.32. The number of aryl methyl sites for hydroxylation is 1. The molecule has 1 aliphatic heterocycles. The molecule has 0 spiro atoms. The third kappa shape index (κ3) is 4.71. The summed E-state index contributed by atoms with van der Waals surface area (Å²) in [4.78, 5) is 38.4. The smallest absolute Gasteiger partial charge is 0.410 e. The average Bonchev–Trinajstić information content (AvgIpc) is 2.75. The number of nitrogens with zero attached hydrogens (tertiary/aromatic N) is 2. The summed E-state index contributed by atoms with van der Waals surface area (Å²) in [5, 5.41) is 0. The first kappa shape index (κ1) is 23.6. The Morgan fingerprint density at radius 1 is 1.19 bits per heavy atom. The van der Waals surface area contributed by atoms with Gasteiger partial charge in [-0.15, -0.1) is 0 Å². The van der Waals surface area contributed by atoms with E-state index >= 15 is 0 Å². The van der Waals surface area contributed by atoms with Crippen molar-refractivity contribution in [2.24, 2.45) is 18.2 Å². The van der Waals surface area contributed by atoms with Gasteiger partial charge in [-0.25, -0.2) is 4.79 Å². The van der Waals surface area contributed by atoms with Crippen LogP contribution in [0.25, 0.3) is 11.1 Å². The molecule has 2 amide bonds. The van der Waals surface area contributed by atoms with Crippen LogP contribution in [0.15, 0.2) is 47.4 Å². The number of hydrogen-bond donors (Lipinski definition) is 1. The lowest BCUT2D eigenvalue weighted by molar-refractivity contribution is -0.133. The van der Waals surface area contributed by atoms with Crippen molar-refractivity contribution in [1.29, 1.82) is 0 Å². The number of ether oxygens (including phenoxy) is 1. The maximum absolute atomic E-state index is 12.9. The van der Waals surface area contributed by atoms with E-state index in [-0.39, 0.29) is 17.7 Å². The molecule has 1 aromatic carbocycles. The van der Waals surface area contributed by atoms with E-state index in [0.29, 0.717) is 25.8 Å². The number of benzene rings is 1. The zero-order valence-corrected chi connectivity index (χ0v) is 19.6. The van der Waals surface area contributed by atoms with E-state index in [1.165, 1.54) is 4.57 Å². The van der Waals surface area contributed by atoms with Crippen molar-refractivity contribution in [3.8, 4) is 11.1 Å².